The summed E-state index contributed by atoms with van der Waals surface area (Å²) in [6.45, 7) is 1.51. The van der Waals surface area contributed by atoms with Gasteiger partial charge in [0.1, 0.15) is 0 Å². The molecule has 3 N–H and O–H groups in total. The molecule has 0 radical (unpaired) electrons. The summed E-state index contributed by atoms with van der Waals surface area (Å²) in [4.78, 5) is 33.7. The van der Waals surface area contributed by atoms with E-state index in [4.69, 9.17) is 10.8 Å². The zero-order valence-electron chi connectivity index (χ0n) is 12.7. The van der Waals surface area contributed by atoms with E-state index in [9.17, 15) is 14.4 Å². The van der Waals surface area contributed by atoms with Crippen molar-refractivity contribution in [2.75, 3.05) is 0 Å². The first kappa shape index (κ1) is 16.4. The molecule has 0 aliphatic carbocycles. The van der Waals surface area contributed by atoms with Crippen LogP contribution in [0.5, 0.6) is 0 Å². The average molecular weight is 311 g/mol. The molecule has 0 fully saturated rings. The molecule has 23 heavy (non-hydrogen) atoms. The lowest BCUT2D eigenvalue weighted by Crippen LogP contribution is -2.23. The maximum absolute atomic E-state index is 11.4. The van der Waals surface area contributed by atoms with Crippen LogP contribution in [0.15, 0.2) is 48.5 Å². The summed E-state index contributed by atoms with van der Waals surface area (Å²) >= 11 is 0. The van der Waals surface area contributed by atoms with Crippen molar-refractivity contribution >= 4 is 17.7 Å². The molecule has 0 saturated carbocycles. The Morgan fingerprint density at radius 2 is 1.70 bits per heavy atom. The minimum atomic E-state index is -1.08. The summed E-state index contributed by atoms with van der Waals surface area (Å²) < 4.78 is 0. The Bertz CT molecular complexity index is 750. The standard InChI is InChI=1S/C18H17NO4/c1-11(20)14-3-2-4-15(9-14)12-5-7-13(8-6-12)16(18(19)23)10-17(21)22/h2-9,16H,10H2,1H3,(H2,19,23)(H,21,22). The van der Waals surface area contributed by atoms with Crippen LogP contribution < -0.4 is 5.73 Å². The van der Waals surface area contributed by atoms with Crippen molar-refractivity contribution in [3.05, 3.63) is 59.7 Å². The molecule has 0 heterocycles. The van der Waals surface area contributed by atoms with Gasteiger partial charge < -0.3 is 10.8 Å². The third kappa shape index (κ3) is 4.03. The van der Waals surface area contributed by atoms with Crippen molar-refractivity contribution in [3.63, 3.8) is 0 Å². The van der Waals surface area contributed by atoms with E-state index in [2.05, 4.69) is 0 Å². The lowest BCUT2D eigenvalue weighted by molar-refractivity contribution is -0.139. The molecule has 1 amide bonds. The van der Waals surface area contributed by atoms with Gasteiger partial charge in [-0.3, -0.25) is 14.4 Å². The molecule has 1 atom stereocenters. The van der Waals surface area contributed by atoms with Crippen LogP contribution in [0.3, 0.4) is 0 Å². The number of rotatable bonds is 6. The number of benzene rings is 2. The molecular formula is C18H17NO4. The second kappa shape index (κ2) is 6.87. The van der Waals surface area contributed by atoms with Gasteiger partial charge in [-0.05, 0) is 29.7 Å². The van der Waals surface area contributed by atoms with Gasteiger partial charge in [0.25, 0.3) is 0 Å². The highest BCUT2D eigenvalue weighted by Crippen LogP contribution is 2.25. The highest BCUT2D eigenvalue weighted by atomic mass is 16.4. The van der Waals surface area contributed by atoms with E-state index >= 15 is 0 Å². The number of aliphatic carboxylic acids is 1. The van der Waals surface area contributed by atoms with Crippen LogP contribution in [0.25, 0.3) is 11.1 Å². The lowest BCUT2D eigenvalue weighted by Gasteiger charge is -2.12. The number of carboxylic acid groups (broad SMARTS) is 1. The van der Waals surface area contributed by atoms with Gasteiger partial charge in [0.05, 0.1) is 12.3 Å². The van der Waals surface area contributed by atoms with E-state index in [0.717, 1.165) is 11.1 Å². The molecule has 2 aromatic rings. The lowest BCUT2D eigenvalue weighted by atomic mass is 9.93. The van der Waals surface area contributed by atoms with E-state index in [1.165, 1.54) is 6.92 Å². The molecule has 2 aromatic carbocycles. The summed E-state index contributed by atoms with van der Waals surface area (Å²) in [5.74, 6) is -2.62. The van der Waals surface area contributed by atoms with Crippen molar-refractivity contribution in [2.45, 2.75) is 19.3 Å². The van der Waals surface area contributed by atoms with Gasteiger partial charge in [-0.25, -0.2) is 0 Å². The zero-order chi connectivity index (χ0) is 17.0. The molecule has 2 rings (SSSR count). The third-order valence-electron chi connectivity index (χ3n) is 3.64. The van der Waals surface area contributed by atoms with Gasteiger partial charge in [0.15, 0.2) is 5.78 Å². The number of primary amides is 1. The first-order chi connectivity index (χ1) is 10.9. The molecular weight excluding hydrogens is 294 g/mol. The number of hydrogen-bond donors (Lipinski definition) is 2. The predicted molar refractivity (Wildman–Crippen MR) is 86.1 cm³/mol. The van der Waals surface area contributed by atoms with Gasteiger partial charge in [-0.1, -0.05) is 42.5 Å². The Kier molecular flexibility index (Phi) is 4.91. The number of carbonyl (C=O) groups is 3. The van der Waals surface area contributed by atoms with Crippen molar-refractivity contribution in [1.82, 2.24) is 0 Å². The predicted octanol–water partition coefficient (Wildman–Crippen LogP) is 2.60. The van der Waals surface area contributed by atoms with Crippen LogP contribution in [-0.4, -0.2) is 22.8 Å². The average Bonchev–Trinajstić information content (AvgIpc) is 2.52. The Morgan fingerprint density at radius 1 is 1.04 bits per heavy atom. The molecule has 5 heteroatoms. The van der Waals surface area contributed by atoms with Gasteiger partial charge in [0.2, 0.25) is 5.91 Å². The van der Waals surface area contributed by atoms with Gasteiger partial charge in [-0.15, -0.1) is 0 Å². The number of hydrogen-bond acceptors (Lipinski definition) is 3. The van der Waals surface area contributed by atoms with Crippen LogP contribution in [0.1, 0.15) is 35.2 Å². The van der Waals surface area contributed by atoms with E-state index in [1.807, 2.05) is 6.07 Å². The SMILES string of the molecule is CC(=O)c1cccc(-c2ccc(C(CC(=O)O)C(N)=O)cc2)c1. The van der Waals surface area contributed by atoms with Crippen molar-refractivity contribution in [2.24, 2.45) is 5.73 Å². The van der Waals surface area contributed by atoms with Crippen molar-refractivity contribution in [1.29, 1.82) is 0 Å². The van der Waals surface area contributed by atoms with E-state index in [-0.39, 0.29) is 12.2 Å². The number of carbonyl (C=O) groups excluding carboxylic acids is 2. The highest BCUT2D eigenvalue weighted by molar-refractivity contribution is 5.95. The number of Topliss-reactive ketones (excluding diaryl/α,β-unsaturated/α-hetero) is 1. The summed E-state index contributed by atoms with van der Waals surface area (Å²) in [5.41, 5.74) is 8.20. The molecule has 0 aromatic heterocycles. The molecule has 0 saturated heterocycles. The van der Waals surface area contributed by atoms with E-state index in [1.54, 1.807) is 42.5 Å². The molecule has 118 valence electrons. The maximum Gasteiger partial charge on any atom is 0.304 e. The van der Waals surface area contributed by atoms with Crippen molar-refractivity contribution in [3.8, 4) is 11.1 Å². The smallest absolute Gasteiger partial charge is 0.304 e. The Hall–Kier alpha value is -2.95. The first-order valence-corrected chi connectivity index (χ1v) is 7.11. The van der Waals surface area contributed by atoms with Gasteiger partial charge in [-0.2, -0.15) is 0 Å². The fourth-order valence-electron chi connectivity index (χ4n) is 2.38. The largest absolute Gasteiger partial charge is 0.481 e. The fourth-order valence-corrected chi connectivity index (χ4v) is 2.38. The fraction of sp³-hybridized carbons (Fsp3) is 0.167. The maximum atomic E-state index is 11.4. The third-order valence-corrected chi connectivity index (χ3v) is 3.64. The monoisotopic (exact) mass is 311 g/mol. The molecule has 0 aliphatic heterocycles. The Labute approximate surface area is 133 Å². The van der Waals surface area contributed by atoms with Gasteiger partial charge in [0, 0.05) is 5.56 Å². The van der Waals surface area contributed by atoms with Crippen LogP contribution >= 0.6 is 0 Å². The highest BCUT2D eigenvalue weighted by Gasteiger charge is 2.21. The molecule has 5 nitrogen and oxygen atoms in total. The van der Waals surface area contributed by atoms with Crippen LogP contribution in [0.2, 0.25) is 0 Å². The van der Waals surface area contributed by atoms with Crippen LogP contribution in [0, 0.1) is 0 Å². The quantitative estimate of drug-likeness (QED) is 0.801. The molecule has 0 aliphatic rings. The topological polar surface area (TPSA) is 97.5 Å². The second-order valence-electron chi connectivity index (χ2n) is 5.31. The van der Waals surface area contributed by atoms with Gasteiger partial charge >= 0.3 is 5.97 Å². The summed E-state index contributed by atoms with van der Waals surface area (Å²) in [5, 5.41) is 8.87. The normalized spacial score (nSPS) is 11.7. The van der Waals surface area contributed by atoms with E-state index < -0.39 is 17.8 Å². The van der Waals surface area contributed by atoms with Crippen molar-refractivity contribution < 1.29 is 19.5 Å². The summed E-state index contributed by atoms with van der Waals surface area (Å²) in [6, 6.07) is 14.2. The number of ketones is 1. The Morgan fingerprint density at radius 3 is 2.22 bits per heavy atom. The van der Waals surface area contributed by atoms with E-state index in [0.29, 0.717) is 11.1 Å². The number of carboxylic acids is 1. The molecule has 0 spiro atoms. The minimum absolute atomic E-state index is 0.0151. The van der Waals surface area contributed by atoms with Crippen LogP contribution in [0.4, 0.5) is 0 Å². The first-order valence-electron chi connectivity index (χ1n) is 7.11. The number of nitrogens with two attached hydrogens (primary N) is 1. The molecule has 0 bridgehead atoms. The summed E-state index contributed by atoms with van der Waals surface area (Å²) in [7, 11) is 0. The summed E-state index contributed by atoms with van der Waals surface area (Å²) in [6.07, 6.45) is -0.339. The Balaban J connectivity index is 2.31. The van der Waals surface area contributed by atoms with Crippen LogP contribution in [-0.2, 0) is 9.59 Å². The second-order valence-corrected chi connectivity index (χ2v) is 5.31. The number of amides is 1. The molecule has 1 unspecified atom stereocenters. The minimum Gasteiger partial charge on any atom is -0.481 e. The zero-order valence-corrected chi connectivity index (χ0v) is 12.7.